The molecule has 1 heterocycles. The first kappa shape index (κ1) is 19.2. The summed E-state index contributed by atoms with van der Waals surface area (Å²) in [5, 5.41) is 0. The number of halogens is 1. The van der Waals surface area contributed by atoms with Gasteiger partial charge in [-0.15, -0.1) is 11.8 Å². The summed E-state index contributed by atoms with van der Waals surface area (Å²) >= 11 is 1.34. The number of amides is 2. The summed E-state index contributed by atoms with van der Waals surface area (Å²) < 4.78 is 18.8. The lowest BCUT2D eigenvalue weighted by molar-refractivity contribution is -0.119. The molecule has 27 heavy (non-hydrogen) atoms. The quantitative estimate of drug-likeness (QED) is 0.651. The Morgan fingerprint density at radius 3 is 2.22 bits per heavy atom. The van der Waals surface area contributed by atoms with Crippen molar-refractivity contribution in [2.45, 2.75) is 20.3 Å². The molecule has 2 aromatic carbocycles. The summed E-state index contributed by atoms with van der Waals surface area (Å²) in [5.74, 6) is 0.187. The maximum Gasteiger partial charge on any atom is 0.272 e. The minimum absolute atomic E-state index is 0.360. The highest BCUT2D eigenvalue weighted by Crippen LogP contribution is 2.38. The van der Waals surface area contributed by atoms with Crippen LogP contribution in [0.5, 0.6) is 5.75 Å². The summed E-state index contributed by atoms with van der Waals surface area (Å²) in [4.78, 5) is 27.5. The zero-order valence-corrected chi connectivity index (χ0v) is 16.0. The van der Waals surface area contributed by atoms with Gasteiger partial charge in [-0.2, -0.15) is 0 Å². The topological polar surface area (TPSA) is 46.6 Å². The maximum atomic E-state index is 13.2. The highest BCUT2D eigenvalue weighted by Gasteiger charge is 2.39. The fraction of sp³-hybridized carbons (Fsp3) is 0.238. The van der Waals surface area contributed by atoms with E-state index in [0.717, 1.165) is 17.1 Å². The van der Waals surface area contributed by atoms with Gasteiger partial charge in [0.05, 0.1) is 22.8 Å². The minimum atomic E-state index is -0.420. The van der Waals surface area contributed by atoms with E-state index < -0.39 is 11.7 Å². The van der Waals surface area contributed by atoms with E-state index in [1.54, 1.807) is 24.3 Å². The molecule has 0 bridgehead atoms. The summed E-state index contributed by atoms with van der Waals surface area (Å²) in [6.45, 7) is 4.57. The lowest BCUT2D eigenvalue weighted by Gasteiger charge is -2.15. The third-order valence-electron chi connectivity index (χ3n) is 4.03. The van der Waals surface area contributed by atoms with E-state index in [-0.39, 0.29) is 5.91 Å². The lowest BCUT2D eigenvalue weighted by atomic mass is 10.1. The average Bonchev–Trinajstić information content (AvgIpc) is 2.92. The van der Waals surface area contributed by atoms with Gasteiger partial charge < -0.3 is 4.74 Å². The Morgan fingerprint density at radius 2 is 1.63 bits per heavy atom. The number of benzene rings is 2. The molecule has 0 N–H and O–H groups in total. The van der Waals surface area contributed by atoms with Crippen LogP contribution >= 0.6 is 11.8 Å². The zero-order chi connectivity index (χ0) is 19.4. The van der Waals surface area contributed by atoms with E-state index in [9.17, 15) is 14.0 Å². The summed E-state index contributed by atoms with van der Waals surface area (Å²) in [7, 11) is 0. The SMILES string of the molecule is CCCOc1ccc(C2=C(SCC)C(=O)N(c3ccc(F)cc3)C2=O)cc1. The van der Waals surface area contributed by atoms with Crippen LogP contribution in [0.3, 0.4) is 0 Å². The van der Waals surface area contributed by atoms with Crippen molar-refractivity contribution < 1.29 is 18.7 Å². The van der Waals surface area contributed by atoms with Crippen molar-refractivity contribution in [2.75, 3.05) is 17.3 Å². The second-order valence-electron chi connectivity index (χ2n) is 5.93. The van der Waals surface area contributed by atoms with Gasteiger partial charge in [0.1, 0.15) is 11.6 Å². The van der Waals surface area contributed by atoms with Crippen LogP contribution in [-0.4, -0.2) is 24.2 Å². The van der Waals surface area contributed by atoms with E-state index in [2.05, 4.69) is 0 Å². The molecular formula is C21H20FNO3S. The van der Waals surface area contributed by atoms with E-state index in [0.29, 0.717) is 34.1 Å². The fourth-order valence-corrected chi connectivity index (χ4v) is 3.66. The summed E-state index contributed by atoms with van der Waals surface area (Å²) in [6.07, 6.45) is 0.907. The number of rotatable bonds is 7. The van der Waals surface area contributed by atoms with E-state index >= 15 is 0 Å². The molecule has 2 amide bonds. The molecule has 2 aromatic rings. The van der Waals surface area contributed by atoms with Crippen molar-refractivity contribution in [3.05, 3.63) is 64.8 Å². The molecule has 0 unspecified atom stereocenters. The van der Waals surface area contributed by atoms with Gasteiger partial charge in [0, 0.05) is 0 Å². The molecule has 6 heteroatoms. The van der Waals surface area contributed by atoms with Gasteiger partial charge in [-0.05, 0) is 54.1 Å². The maximum absolute atomic E-state index is 13.2. The Balaban J connectivity index is 1.97. The van der Waals surface area contributed by atoms with Crippen LogP contribution < -0.4 is 9.64 Å². The highest BCUT2D eigenvalue weighted by molar-refractivity contribution is 8.04. The first-order chi connectivity index (χ1) is 13.1. The van der Waals surface area contributed by atoms with Crippen molar-refractivity contribution in [2.24, 2.45) is 0 Å². The van der Waals surface area contributed by atoms with Gasteiger partial charge in [0.25, 0.3) is 11.8 Å². The van der Waals surface area contributed by atoms with E-state index in [1.165, 1.54) is 36.0 Å². The fourth-order valence-electron chi connectivity index (χ4n) is 2.80. The molecule has 4 nitrogen and oxygen atoms in total. The third-order valence-corrected chi connectivity index (χ3v) is 4.99. The van der Waals surface area contributed by atoms with Crippen LogP contribution in [0.2, 0.25) is 0 Å². The van der Waals surface area contributed by atoms with Crippen LogP contribution in [0, 0.1) is 5.82 Å². The second-order valence-corrected chi connectivity index (χ2v) is 7.21. The molecule has 0 saturated heterocycles. The van der Waals surface area contributed by atoms with E-state index in [1.807, 2.05) is 13.8 Å². The van der Waals surface area contributed by atoms with Crippen LogP contribution in [0.15, 0.2) is 53.4 Å². The van der Waals surface area contributed by atoms with E-state index in [4.69, 9.17) is 4.74 Å². The molecule has 0 atom stereocenters. The number of hydrogen-bond donors (Lipinski definition) is 0. The predicted octanol–water partition coefficient (Wildman–Crippen LogP) is 4.65. The number of nitrogens with zero attached hydrogens (tertiary/aromatic N) is 1. The molecule has 0 radical (unpaired) electrons. The molecule has 0 spiro atoms. The van der Waals surface area contributed by atoms with Crippen LogP contribution in [0.4, 0.5) is 10.1 Å². The molecule has 0 aromatic heterocycles. The molecule has 0 aliphatic carbocycles. The number of imide groups is 1. The monoisotopic (exact) mass is 385 g/mol. The van der Waals surface area contributed by atoms with Gasteiger partial charge in [-0.1, -0.05) is 26.0 Å². The van der Waals surface area contributed by atoms with Crippen LogP contribution in [0.25, 0.3) is 5.57 Å². The summed E-state index contributed by atoms with van der Waals surface area (Å²) in [5.41, 5.74) is 1.40. The van der Waals surface area contributed by atoms with Gasteiger partial charge in [0.15, 0.2) is 0 Å². The van der Waals surface area contributed by atoms with Crippen molar-refractivity contribution in [1.82, 2.24) is 0 Å². The third kappa shape index (κ3) is 3.90. The number of carbonyl (C=O) groups is 2. The molecule has 1 aliphatic heterocycles. The van der Waals surface area contributed by atoms with Crippen molar-refractivity contribution in [3.63, 3.8) is 0 Å². The van der Waals surface area contributed by atoms with Crippen molar-refractivity contribution >= 4 is 34.8 Å². The summed E-state index contributed by atoms with van der Waals surface area (Å²) in [6, 6.07) is 12.5. The van der Waals surface area contributed by atoms with Gasteiger partial charge in [0.2, 0.25) is 0 Å². The first-order valence-corrected chi connectivity index (χ1v) is 9.80. The van der Waals surface area contributed by atoms with Gasteiger partial charge in [-0.3, -0.25) is 9.59 Å². The standard InChI is InChI=1S/C21H20FNO3S/c1-3-13-26-17-11-5-14(6-12-17)18-19(27-4-2)21(25)23(20(18)24)16-9-7-15(22)8-10-16/h5-12H,3-4,13H2,1-2H3. The molecule has 0 saturated carbocycles. The number of carbonyl (C=O) groups excluding carboxylic acids is 2. The van der Waals surface area contributed by atoms with Gasteiger partial charge in [-0.25, -0.2) is 9.29 Å². The van der Waals surface area contributed by atoms with Crippen LogP contribution in [-0.2, 0) is 9.59 Å². The molecule has 1 aliphatic rings. The van der Waals surface area contributed by atoms with Crippen molar-refractivity contribution in [1.29, 1.82) is 0 Å². The second kappa shape index (κ2) is 8.39. The Kier molecular flexibility index (Phi) is 5.96. The Labute approximate surface area is 162 Å². The lowest BCUT2D eigenvalue weighted by Crippen LogP contribution is -2.31. The number of anilines is 1. The Morgan fingerprint density at radius 1 is 0.963 bits per heavy atom. The van der Waals surface area contributed by atoms with Crippen LogP contribution in [0.1, 0.15) is 25.8 Å². The molecular weight excluding hydrogens is 365 g/mol. The largest absolute Gasteiger partial charge is 0.494 e. The normalized spacial score (nSPS) is 14.3. The van der Waals surface area contributed by atoms with Gasteiger partial charge >= 0.3 is 0 Å². The minimum Gasteiger partial charge on any atom is -0.494 e. The number of hydrogen-bond acceptors (Lipinski definition) is 4. The molecule has 140 valence electrons. The zero-order valence-electron chi connectivity index (χ0n) is 15.2. The Hall–Kier alpha value is -2.60. The molecule has 3 rings (SSSR count). The smallest absolute Gasteiger partial charge is 0.272 e. The van der Waals surface area contributed by atoms with Crippen molar-refractivity contribution in [3.8, 4) is 5.75 Å². The highest BCUT2D eigenvalue weighted by atomic mass is 32.2. The first-order valence-electron chi connectivity index (χ1n) is 8.81. The average molecular weight is 385 g/mol. The number of thioether (sulfide) groups is 1. The predicted molar refractivity (Wildman–Crippen MR) is 106 cm³/mol. The number of ether oxygens (including phenoxy) is 1. The Bertz CT molecular complexity index is 875. The molecule has 0 fully saturated rings.